The van der Waals surface area contributed by atoms with Gasteiger partial charge in [-0.15, -0.1) is 0 Å². The van der Waals surface area contributed by atoms with Gasteiger partial charge in [0.05, 0.1) is 5.54 Å². The summed E-state index contributed by atoms with van der Waals surface area (Å²) in [6.45, 7) is 5.78. The molecule has 0 saturated heterocycles. The number of hydrogen-bond acceptors (Lipinski definition) is 1. The minimum Gasteiger partial charge on any atom is -0.318 e. The molecular weight excluding hydrogens is 237 g/mol. The van der Waals surface area contributed by atoms with Gasteiger partial charge >= 0.3 is 0 Å². The van der Waals surface area contributed by atoms with E-state index in [2.05, 4.69) is 19.1 Å². The SMILES string of the molecule is CCc1ccc(C(C)(N)c2ccc(C)c(F)c2)cc1. The van der Waals surface area contributed by atoms with Crippen LogP contribution in [-0.4, -0.2) is 0 Å². The van der Waals surface area contributed by atoms with Gasteiger partial charge in [-0.2, -0.15) is 0 Å². The Hall–Kier alpha value is -1.67. The maximum absolute atomic E-state index is 13.7. The van der Waals surface area contributed by atoms with E-state index in [-0.39, 0.29) is 5.82 Å². The molecule has 2 N–H and O–H groups in total. The first-order valence-corrected chi connectivity index (χ1v) is 6.60. The standard InChI is InChI=1S/C17H20FN/c1-4-13-6-9-14(10-7-13)17(3,19)15-8-5-12(2)16(18)11-15/h5-11H,4,19H2,1-3H3. The zero-order valence-corrected chi connectivity index (χ0v) is 11.7. The normalized spacial score (nSPS) is 14.2. The molecule has 0 aliphatic rings. The molecule has 0 saturated carbocycles. The van der Waals surface area contributed by atoms with Crippen molar-refractivity contribution in [1.82, 2.24) is 0 Å². The van der Waals surface area contributed by atoms with Gasteiger partial charge in [-0.25, -0.2) is 4.39 Å². The largest absolute Gasteiger partial charge is 0.318 e. The second kappa shape index (κ2) is 5.14. The number of halogens is 1. The van der Waals surface area contributed by atoms with Crippen LogP contribution in [0.4, 0.5) is 4.39 Å². The molecule has 2 aromatic rings. The molecule has 1 unspecified atom stereocenters. The number of hydrogen-bond donors (Lipinski definition) is 1. The highest BCUT2D eigenvalue weighted by atomic mass is 19.1. The average Bonchev–Trinajstić information content (AvgIpc) is 2.41. The molecule has 0 aliphatic heterocycles. The summed E-state index contributed by atoms with van der Waals surface area (Å²) in [7, 11) is 0. The Morgan fingerprint density at radius 2 is 1.63 bits per heavy atom. The number of rotatable bonds is 3. The Balaban J connectivity index is 2.41. The first-order chi connectivity index (χ1) is 8.95. The molecule has 2 rings (SSSR count). The van der Waals surface area contributed by atoms with Crippen LogP contribution in [0.2, 0.25) is 0 Å². The average molecular weight is 257 g/mol. The van der Waals surface area contributed by atoms with Gasteiger partial charge in [-0.3, -0.25) is 0 Å². The first-order valence-electron chi connectivity index (χ1n) is 6.60. The highest BCUT2D eigenvalue weighted by Gasteiger charge is 2.24. The second-order valence-electron chi connectivity index (χ2n) is 5.22. The van der Waals surface area contributed by atoms with Gasteiger partial charge in [-0.1, -0.05) is 43.3 Å². The fourth-order valence-corrected chi connectivity index (χ4v) is 2.17. The Bertz CT molecular complexity index is 570. The summed E-state index contributed by atoms with van der Waals surface area (Å²) < 4.78 is 13.7. The molecule has 2 aromatic carbocycles. The van der Waals surface area contributed by atoms with Gasteiger partial charge in [0.1, 0.15) is 5.82 Å². The number of benzene rings is 2. The van der Waals surface area contributed by atoms with E-state index < -0.39 is 5.54 Å². The van der Waals surface area contributed by atoms with Crippen molar-refractivity contribution in [2.75, 3.05) is 0 Å². The lowest BCUT2D eigenvalue weighted by Gasteiger charge is -2.26. The number of aryl methyl sites for hydroxylation is 2. The predicted molar refractivity (Wildman–Crippen MR) is 77.6 cm³/mol. The lowest BCUT2D eigenvalue weighted by Crippen LogP contribution is -2.34. The quantitative estimate of drug-likeness (QED) is 0.886. The molecule has 1 nitrogen and oxygen atoms in total. The Morgan fingerprint density at radius 3 is 2.16 bits per heavy atom. The smallest absolute Gasteiger partial charge is 0.126 e. The van der Waals surface area contributed by atoms with E-state index in [1.807, 2.05) is 25.1 Å². The molecular formula is C17H20FN. The lowest BCUT2D eigenvalue weighted by atomic mass is 9.85. The summed E-state index contributed by atoms with van der Waals surface area (Å²) in [5.74, 6) is -0.209. The van der Waals surface area contributed by atoms with Crippen molar-refractivity contribution in [2.24, 2.45) is 5.73 Å². The summed E-state index contributed by atoms with van der Waals surface area (Å²) in [6, 6.07) is 13.4. The monoisotopic (exact) mass is 257 g/mol. The van der Waals surface area contributed by atoms with Gasteiger partial charge in [0, 0.05) is 0 Å². The Labute approximate surface area is 114 Å². The highest BCUT2D eigenvalue weighted by Crippen LogP contribution is 2.28. The van der Waals surface area contributed by atoms with Gasteiger partial charge in [0.2, 0.25) is 0 Å². The maximum atomic E-state index is 13.7. The van der Waals surface area contributed by atoms with E-state index in [1.165, 1.54) is 11.6 Å². The third-order valence-corrected chi connectivity index (χ3v) is 3.73. The van der Waals surface area contributed by atoms with E-state index in [1.54, 1.807) is 13.0 Å². The molecule has 2 heteroatoms. The van der Waals surface area contributed by atoms with Crippen molar-refractivity contribution in [2.45, 2.75) is 32.7 Å². The van der Waals surface area contributed by atoms with E-state index in [9.17, 15) is 4.39 Å². The van der Waals surface area contributed by atoms with Crippen molar-refractivity contribution in [1.29, 1.82) is 0 Å². The molecule has 1 atom stereocenters. The van der Waals surface area contributed by atoms with Gasteiger partial charge in [0.25, 0.3) is 0 Å². The molecule has 0 aliphatic carbocycles. The fraction of sp³-hybridized carbons (Fsp3) is 0.294. The minimum atomic E-state index is -0.680. The van der Waals surface area contributed by atoms with Gasteiger partial charge in [0.15, 0.2) is 0 Å². The zero-order chi connectivity index (χ0) is 14.0. The third kappa shape index (κ3) is 2.69. The second-order valence-corrected chi connectivity index (χ2v) is 5.22. The van der Waals surface area contributed by atoms with Crippen molar-refractivity contribution >= 4 is 0 Å². The molecule has 0 aromatic heterocycles. The lowest BCUT2D eigenvalue weighted by molar-refractivity contribution is 0.577. The van der Waals surface area contributed by atoms with Crippen molar-refractivity contribution in [3.63, 3.8) is 0 Å². The van der Waals surface area contributed by atoms with E-state index in [4.69, 9.17) is 5.73 Å². The van der Waals surface area contributed by atoms with Crippen LogP contribution >= 0.6 is 0 Å². The number of nitrogens with two attached hydrogens (primary N) is 1. The van der Waals surface area contributed by atoms with Crippen LogP contribution < -0.4 is 5.73 Å². The fourth-order valence-electron chi connectivity index (χ4n) is 2.17. The van der Waals surface area contributed by atoms with E-state index >= 15 is 0 Å². The summed E-state index contributed by atoms with van der Waals surface area (Å²) >= 11 is 0. The molecule has 19 heavy (non-hydrogen) atoms. The third-order valence-electron chi connectivity index (χ3n) is 3.73. The first kappa shape index (κ1) is 13.8. The van der Waals surface area contributed by atoms with Crippen molar-refractivity contribution in [3.05, 3.63) is 70.5 Å². The zero-order valence-electron chi connectivity index (χ0n) is 11.7. The van der Waals surface area contributed by atoms with Gasteiger partial charge in [-0.05, 0) is 48.6 Å². The van der Waals surface area contributed by atoms with Crippen LogP contribution in [0, 0.1) is 12.7 Å². The van der Waals surface area contributed by atoms with Crippen LogP contribution in [0.25, 0.3) is 0 Å². The molecule has 0 radical (unpaired) electrons. The molecule has 0 bridgehead atoms. The van der Waals surface area contributed by atoms with Crippen LogP contribution in [-0.2, 0) is 12.0 Å². The summed E-state index contributed by atoms with van der Waals surface area (Å²) in [5, 5.41) is 0. The molecule has 100 valence electrons. The van der Waals surface area contributed by atoms with Crippen molar-refractivity contribution < 1.29 is 4.39 Å². The van der Waals surface area contributed by atoms with Crippen molar-refractivity contribution in [3.8, 4) is 0 Å². The van der Waals surface area contributed by atoms with Crippen LogP contribution in [0.15, 0.2) is 42.5 Å². The van der Waals surface area contributed by atoms with E-state index in [0.29, 0.717) is 5.56 Å². The minimum absolute atomic E-state index is 0.209. The molecule has 0 amide bonds. The summed E-state index contributed by atoms with van der Waals surface area (Å²) in [4.78, 5) is 0. The van der Waals surface area contributed by atoms with Crippen LogP contribution in [0.3, 0.4) is 0 Å². The Morgan fingerprint density at radius 1 is 1.05 bits per heavy atom. The maximum Gasteiger partial charge on any atom is 0.126 e. The van der Waals surface area contributed by atoms with E-state index in [0.717, 1.165) is 17.5 Å². The molecule has 0 heterocycles. The highest BCUT2D eigenvalue weighted by molar-refractivity contribution is 5.39. The predicted octanol–water partition coefficient (Wildman–Crippen LogP) is 3.92. The molecule has 0 spiro atoms. The summed E-state index contributed by atoms with van der Waals surface area (Å²) in [5.41, 5.74) is 9.42. The Kier molecular flexibility index (Phi) is 3.72. The van der Waals surface area contributed by atoms with Crippen LogP contribution in [0.1, 0.15) is 36.1 Å². The summed E-state index contributed by atoms with van der Waals surface area (Å²) in [6.07, 6.45) is 1.00. The molecule has 0 fully saturated rings. The topological polar surface area (TPSA) is 26.0 Å². The van der Waals surface area contributed by atoms with Crippen LogP contribution in [0.5, 0.6) is 0 Å². The van der Waals surface area contributed by atoms with Gasteiger partial charge < -0.3 is 5.73 Å².